The minimum Gasteiger partial charge on any atom is -0.491 e. The molecule has 0 saturated carbocycles. The summed E-state index contributed by atoms with van der Waals surface area (Å²) in [6, 6.07) is 5.53. The van der Waals surface area contributed by atoms with Crippen molar-refractivity contribution in [2.45, 2.75) is 18.3 Å². The topological polar surface area (TPSA) is 99.5 Å². The van der Waals surface area contributed by atoms with Crippen LogP contribution in [0.15, 0.2) is 72.9 Å². The molecule has 0 spiro atoms. The van der Waals surface area contributed by atoms with Gasteiger partial charge in [0.05, 0.1) is 6.61 Å². The number of hydrogen-bond acceptors (Lipinski definition) is 6. The third-order valence-corrected chi connectivity index (χ3v) is 3.84. The lowest BCUT2D eigenvalue weighted by atomic mass is 10.2. The normalized spacial score (nSPS) is 15.2. The maximum Gasteiger partial charge on any atom is 0.248 e. The molecule has 1 aromatic carbocycles. The zero-order valence-corrected chi connectivity index (χ0v) is 17.7. The number of likely N-dealkylation sites (N-methyl/N-ethyl adjacent to an activating group) is 1. The number of carbonyl (C=O) groups excluding carboxylic acids is 1. The van der Waals surface area contributed by atoms with Gasteiger partial charge in [0.15, 0.2) is 0 Å². The molecule has 0 radical (unpaired) electrons. The van der Waals surface area contributed by atoms with E-state index in [0.717, 1.165) is 0 Å². The lowest BCUT2D eigenvalue weighted by Gasteiger charge is -2.15. The minimum absolute atomic E-state index is 0.0434. The van der Waals surface area contributed by atoms with E-state index in [1.807, 2.05) is 0 Å². The molecule has 3 N–H and O–H groups in total. The van der Waals surface area contributed by atoms with E-state index in [9.17, 15) is 24.5 Å². The van der Waals surface area contributed by atoms with Gasteiger partial charge >= 0.3 is 0 Å². The molecule has 0 aromatic heterocycles. The van der Waals surface area contributed by atoms with E-state index in [2.05, 4.69) is 0 Å². The number of allylic oxidation sites excluding steroid dienone is 6. The van der Waals surface area contributed by atoms with Gasteiger partial charge in [-0.2, -0.15) is 0 Å². The highest BCUT2D eigenvalue weighted by atomic mass is 19.1. The van der Waals surface area contributed by atoms with Gasteiger partial charge in [-0.05, 0) is 24.3 Å². The van der Waals surface area contributed by atoms with Crippen molar-refractivity contribution in [2.75, 3.05) is 33.9 Å². The Bertz CT molecular complexity index is 758. The van der Waals surface area contributed by atoms with Crippen LogP contribution in [0.2, 0.25) is 0 Å². The average molecular weight is 435 g/mol. The van der Waals surface area contributed by atoms with Gasteiger partial charge < -0.3 is 29.7 Å². The van der Waals surface area contributed by atoms with E-state index in [-0.39, 0.29) is 31.5 Å². The highest BCUT2D eigenvalue weighted by Gasteiger charge is 2.14. The maximum atomic E-state index is 12.8. The molecule has 0 bridgehead atoms. The van der Waals surface area contributed by atoms with Gasteiger partial charge in [-0.15, -0.1) is 0 Å². The van der Waals surface area contributed by atoms with Crippen LogP contribution in [0.4, 0.5) is 4.39 Å². The SMILES string of the molecule is CN(C)C(=O)COC[C@H](O)[C@H](O)C=CC=CC=CC=C[C@H](O)COc1ccc(F)cc1. The molecule has 3 atom stereocenters. The summed E-state index contributed by atoms with van der Waals surface area (Å²) < 4.78 is 23.2. The summed E-state index contributed by atoms with van der Waals surface area (Å²) in [7, 11) is 3.20. The average Bonchev–Trinajstić information content (AvgIpc) is 2.74. The highest BCUT2D eigenvalue weighted by Crippen LogP contribution is 2.11. The van der Waals surface area contributed by atoms with Crippen LogP contribution in [0.1, 0.15) is 0 Å². The van der Waals surface area contributed by atoms with Gasteiger partial charge in [-0.25, -0.2) is 4.39 Å². The van der Waals surface area contributed by atoms with Crippen molar-refractivity contribution in [1.82, 2.24) is 4.90 Å². The van der Waals surface area contributed by atoms with Gasteiger partial charge in [0.25, 0.3) is 0 Å². The van der Waals surface area contributed by atoms with E-state index in [1.165, 1.54) is 35.2 Å². The number of amides is 1. The standard InChI is InChI=1S/C23H30FNO6/c1-25(2)23(29)17-30-16-22(28)21(27)10-8-6-4-3-5-7-9-19(26)15-31-20-13-11-18(24)12-14-20/h3-14,19,21-22,26-28H,15-17H2,1-2H3/t19-,21+,22-/m0/s1. The summed E-state index contributed by atoms with van der Waals surface area (Å²) in [5.74, 6) is -0.109. The Morgan fingerprint density at radius 2 is 1.55 bits per heavy atom. The number of rotatable bonds is 13. The molecular weight excluding hydrogens is 405 g/mol. The number of halogens is 1. The van der Waals surface area contributed by atoms with E-state index in [1.54, 1.807) is 56.6 Å². The van der Waals surface area contributed by atoms with Crippen LogP contribution < -0.4 is 4.74 Å². The fourth-order valence-corrected chi connectivity index (χ4v) is 2.02. The minimum atomic E-state index is -1.14. The van der Waals surface area contributed by atoms with Gasteiger partial charge in [-0.3, -0.25) is 4.79 Å². The van der Waals surface area contributed by atoms with Crippen LogP contribution in [0.3, 0.4) is 0 Å². The van der Waals surface area contributed by atoms with Gasteiger partial charge in [0.2, 0.25) is 5.91 Å². The molecule has 0 aliphatic heterocycles. The van der Waals surface area contributed by atoms with E-state index >= 15 is 0 Å². The second-order valence-electron chi connectivity index (χ2n) is 6.73. The Kier molecular flexibility index (Phi) is 12.8. The zero-order valence-electron chi connectivity index (χ0n) is 17.7. The molecule has 0 fully saturated rings. The number of carbonyl (C=O) groups is 1. The van der Waals surface area contributed by atoms with Crippen LogP contribution in [-0.2, 0) is 9.53 Å². The molecular formula is C23H30FNO6. The van der Waals surface area contributed by atoms with Crippen molar-refractivity contribution in [3.63, 3.8) is 0 Å². The maximum absolute atomic E-state index is 12.8. The fraction of sp³-hybridized carbons (Fsp3) is 0.348. The molecule has 1 rings (SSSR count). The summed E-state index contributed by atoms with van der Waals surface area (Å²) in [6.07, 6.45) is 9.86. The lowest BCUT2D eigenvalue weighted by Crippen LogP contribution is -2.32. The van der Waals surface area contributed by atoms with Crippen molar-refractivity contribution in [3.05, 3.63) is 78.7 Å². The molecule has 0 saturated heterocycles. The first-order chi connectivity index (χ1) is 14.8. The molecule has 0 unspecified atom stereocenters. The molecule has 31 heavy (non-hydrogen) atoms. The predicted molar refractivity (Wildman–Crippen MR) is 116 cm³/mol. The van der Waals surface area contributed by atoms with Crippen LogP contribution in [0, 0.1) is 5.82 Å². The molecule has 1 aromatic rings. The second kappa shape index (κ2) is 15.1. The van der Waals surface area contributed by atoms with E-state index < -0.39 is 18.3 Å². The molecule has 170 valence electrons. The first-order valence-electron chi connectivity index (χ1n) is 9.68. The van der Waals surface area contributed by atoms with Gasteiger partial charge in [0, 0.05) is 14.1 Å². The summed E-state index contributed by atoms with van der Waals surface area (Å²) in [5.41, 5.74) is 0. The smallest absolute Gasteiger partial charge is 0.248 e. The Morgan fingerprint density at radius 3 is 2.16 bits per heavy atom. The number of aliphatic hydroxyl groups excluding tert-OH is 3. The molecule has 0 aliphatic carbocycles. The van der Waals surface area contributed by atoms with Crippen molar-refractivity contribution in [2.24, 2.45) is 0 Å². The number of hydrogen-bond donors (Lipinski definition) is 3. The van der Waals surface area contributed by atoms with Crippen molar-refractivity contribution in [3.8, 4) is 5.75 Å². The van der Waals surface area contributed by atoms with Crippen LogP contribution in [0.5, 0.6) is 5.75 Å². The molecule has 8 heteroatoms. The Labute approximate surface area is 182 Å². The van der Waals surface area contributed by atoms with Gasteiger partial charge in [0.1, 0.15) is 43.1 Å². The highest BCUT2D eigenvalue weighted by molar-refractivity contribution is 5.76. The summed E-state index contributed by atoms with van der Waals surface area (Å²) >= 11 is 0. The Morgan fingerprint density at radius 1 is 0.968 bits per heavy atom. The predicted octanol–water partition coefficient (Wildman–Crippen LogP) is 1.62. The number of nitrogens with zero attached hydrogens (tertiary/aromatic N) is 1. The molecule has 1 amide bonds. The molecule has 0 aliphatic rings. The zero-order chi connectivity index (χ0) is 23.1. The lowest BCUT2D eigenvalue weighted by molar-refractivity contribution is -0.135. The first kappa shape index (κ1) is 26.3. The van der Waals surface area contributed by atoms with E-state index in [4.69, 9.17) is 9.47 Å². The Hall–Kier alpha value is -2.78. The van der Waals surface area contributed by atoms with Crippen molar-refractivity contribution in [1.29, 1.82) is 0 Å². The largest absolute Gasteiger partial charge is 0.491 e. The third-order valence-electron chi connectivity index (χ3n) is 3.84. The molecule has 7 nitrogen and oxygen atoms in total. The second-order valence-corrected chi connectivity index (χ2v) is 6.73. The molecule has 0 heterocycles. The van der Waals surface area contributed by atoms with Crippen molar-refractivity contribution < 1.29 is 34.0 Å². The fourth-order valence-electron chi connectivity index (χ4n) is 2.02. The van der Waals surface area contributed by atoms with Crippen LogP contribution in [-0.4, -0.2) is 78.4 Å². The first-order valence-corrected chi connectivity index (χ1v) is 9.68. The van der Waals surface area contributed by atoms with Gasteiger partial charge in [-0.1, -0.05) is 48.6 Å². The summed E-state index contributed by atoms with van der Waals surface area (Å²) in [5, 5.41) is 29.4. The summed E-state index contributed by atoms with van der Waals surface area (Å²) in [4.78, 5) is 12.7. The number of ether oxygens (including phenoxy) is 2. The van der Waals surface area contributed by atoms with E-state index in [0.29, 0.717) is 5.75 Å². The third kappa shape index (κ3) is 12.5. The summed E-state index contributed by atoms with van der Waals surface area (Å²) in [6.45, 7) is -0.278. The van der Waals surface area contributed by atoms with Crippen LogP contribution in [0.25, 0.3) is 0 Å². The van der Waals surface area contributed by atoms with Crippen LogP contribution >= 0.6 is 0 Å². The monoisotopic (exact) mass is 435 g/mol. The Balaban J connectivity index is 2.24. The quantitative estimate of drug-likeness (QED) is 0.407. The number of benzene rings is 1. The van der Waals surface area contributed by atoms with Crippen molar-refractivity contribution >= 4 is 5.91 Å². The number of aliphatic hydroxyl groups is 3.